The Kier molecular flexibility index (Phi) is 8.97. The summed E-state index contributed by atoms with van der Waals surface area (Å²) in [7, 11) is 0. The molecule has 0 amide bonds. The van der Waals surface area contributed by atoms with Crippen molar-refractivity contribution in [3.63, 3.8) is 0 Å². The lowest BCUT2D eigenvalue weighted by molar-refractivity contribution is 0.801. The summed E-state index contributed by atoms with van der Waals surface area (Å²) in [4.78, 5) is 6.32. The molecule has 0 aliphatic heterocycles. The third kappa shape index (κ3) is 5.73. The minimum Gasteiger partial charge on any atom is -0.310 e. The monoisotopic (exact) mass is 858 g/mol. The number of hydrogen-bond donors (Lipinski definition) is 0. The normalized spacial score (nSPS) is 14.1. The van der Waals surface area contributed by atoms with Crippen LogP contribution < -0.4 is 9.80 Å². The van der Waals surface area contributed by atoms with E-state index in [1.165, 1.54) is 81.8 Å². The Morgan fingerprint density at radius 2 is 0.803 bits per heavy atom. The molecule has 13 rings (SSSR count). The van der Waals surface area contributed by atoms with Crippen LogP contribution in [0.2, 0.25) is 0 Å². The van der Waals surface area contributed by atoms with Gasteiger partial charge in [0.15, 0.2) is 0 Å². The minimum atomic E-state index is -0.646. The van der Waals surface area contributed by atoms with Crippen molar-refractivity contribution in [3.8, 4) is 43.8 Å². The second-order valence-corrected chi connectivity index (χ2v) is 18.2. The first-order valence-corrected chi connectivity index (χ1v) is 23.5. The summed E-state index contributed by atoms with van der Waals surface area (Å²) in [5.41, 5.74) is 19.9. The van der Waals surface area contributed by atoms with Crippen molar-refractivity contribution in [2.45, 2.75) is 5.41 Å². The van der Waals surface area contributed by atoms with Crippen molar-refractivity contribution < 1.29 is 0 Å². The molecule has 0 fully saturated rings. The van der Waals surface area contributed by atoms with Crippen LogP contribution in [0.5, 0.6) is 0 Å². The molecule has 3 heteroatoms. The first-order valence-electron chi connectivity index (χ1n) is 22.7. The summed E-state index contributed by atoms with van der Waals surface area (Å²) in [5, 5.41) is 1.31. The fraction of sp³-hybridized carbons (Fsp3) is 0.0159. The van der Waals surface area contributed by atoms with Gasteiger partial charge in [-0.25, -0.2) is 0 Å². The zero-order valence-corrected chi connectivity index (χ0v) is 36.9. The molecule has 1 atom stereocenters. The highest BCUT2D eigenvalue weighted by molar-refractivity contribution is 7.22. The third-order valence-electron chi connectivity index (χ3n) is 13.7. The van der Waals surface area contributed by atoms with Crippen LogP contribution in [-0.4, -0.2) is 0 Å². The van der Waals surface area contributed by atoms with Crippen LogP contribution in [0.3, 0.4) is 0 Å². The summed E-state index contributed by atoms with van der Waals surface area (Å²) in [6.45, 7) is 0. The second-order valence-electron chi connectivity index (χ2n) is 17.1. The number of benzene rings is 10. The average molecular weight is 859 g/mol. The Hall–Kier alpha value is -8.24. The predicted molar refractivity (Wildman–Crippen MR) is 278 cm³/mol. The minimum absolute atomic E-state index is 0.646. The van der Waals surface area contributed by atoms with Gasteiger partial charge >= 0.3 is 0 Å². The molecule has 2 nitrogen and oxygen atoms in total. The Morgan fingerprint density at radius 1 is 0.303 bits per heavy atom. The standard InChI is InChI=1S/C63H42N2S/c1-5-21-43(22-6-1)44-39-41-48(42-40-44)65(55-35-17-14-29-49(55)45-23-7-2-8-24-45)56-36-20-34-54-59(56)50-30-13-16-33-53(50)63(54)60-52(62-61(63)51-31-15-18-38-58(51)66-62)32-19-37-57(60)64(46-25-9-3-10-26-46)47-27-11-4-12-28-47/h1-42H. The fourth-order valence-electron chi connectivity index (χ4n) is 11.0. The van der Waals surface area contributed by atoms with E-state index in [4.69, 9.17) is 0 Å². The molecule has 0 saturated heterocycles. The molecular formula is C63H42N2S. The van der Waals surface area contributed by atoms with E-state index >= 15 is 0 Å². The Balaban J connectivity index is 1.14. The number of thiophene rings is 1. The molecule has 1 unspecified atom stereocenters. The van der Waals surface area contributed by atoms with Crippen LogP contribution in [-0.2, 0) is 5.41 Å². The highest BCUT2D eigenvalue weighted by Crippen LogP contribution is 2.69. The summed E-state index contributed by atoms with van der Waals surface area (Å²) in [6, 6.07) is 93.6. The molecule has 1 aromatic heterocycles. The van der Waals surface area contributed by atoms with Gasteiger partial charge in [-0.3, -0.25) is 0 Å². The summed E-state index contributed by atoms with van der Waals surface area (Å²) in [6.07, 6.45) is 0. The van der Waals surface area contributed by atoms with Crippen LogP contribution in [0.25, 0.3) is 53.9 Å². The van der Waals surface area contributed by atoms with Gasteiger partial charge in [-0.1, -0.05) is 194 Å². The van der Waals surface area contributed by atoms with Gasteiger partial charge < -0.3 is 9.80 Å². The summed E-state index contributed by atoms with van der Waals surface area (Å²) >= 11 is 1.93. The molecule has 0 saturated carbocycles. The Morgan fingerprint density at radius 3 is 1.53 bits per heavy atom. The molecule has 310 valence electrons. The predicted octanol–water partition coefficient (Wildman–Crippen LogP) is 17.5. The summed E-state index contributed by atoms with van der Waals surface area (Å²) in [5.74, 6) is 0. The molecule has 66 heavy (non-hydrogen) atoms. The van der Waals surface area contributed by atoms with Crippen molar-refractivity contribution in [2.75, 3.05) is 9.80 Å². The quantitative estimate of drug-likeness (QED) is 0.150. The zero-order chi connectivity index (χ0) is 43.6. The smallest absolute Gasteiger partial charge is 0.0761 e. The van der Waals surface area contributed by atoms with E-state index < -0.39 is 5.41 Å². The summed E-state index contributed by atoms with van der Waals surface area (Å²) < 4.78 is 1.31. The maximum absolute atomic E-state index is 2.51. The van der Waals surface area contributed by atoms with Crippen LogP contribution in [0.4, 0.5) is 34.1 Å². The van der Waals surface area contributed by atoms with Crippen LogP contribution in [0.15, 0.2) is 255 Å². The van der Waals surface area contributed by atoms with Crippen LogP contribution in [0, 0.1) is 0 Å². The van der Waals surface area contributed by atoms with Crippen molar-refractivity contribution in [3.05, 3.63) is 277 Å². The van der Waals surface area contributed by atoms with Crippen molar-refractivity contribution >= 4 is 55.5 Å². The van der Waals surface area contributed by atoms with E-state index in [0.717, 1.165) is 28.4 Å². The first kappa shape index (κ1) is 38.2. The maximum Gasteiger partial charge on any atom is 0.0761 e. The lowest BCUT2D eigenvalue weighted by Gasteiger charge is -2.36. The number of rotatable bonds is 8. The average Bonchev–Trinajstić information content (AvgIpc) is 4.02. The van der Waals surface area contributed by atoms with E-state index in [9.17, 15) is 0 Å². The molecular weight excluding hydrogens is 817 g/mol. The number of hydrogen-bond acceptors (Lipinski definition) is 3. The molecule has 10 aromatic carbocycles. The lowest BCUT2D eigenvalue weighted by atomic mass is 9.69. The molecule has 11 aromatic rings. The highest BCUT2D eigenvalue weighted by atomic mass is 32.1. The van der Waals surface area contributed by atoms with Crippen molar-refractivity contribution in [2.24, 2.45) is 0 Å². The van der Waals surface area contributed by atoms with E-state index in [1.807, 2.05) is 11.3 Å². The van der Waals surface area contributed by atoms with Crippen molar-refractivity contribution in [1.82, 2.24) is 0 Å². The third-order valence-corrected chi connectivity index (χ3v) is 14.9. The van der Waals surface area contributed by atoms with Crippen molar-refractivity contribution in [1.29, 1.82) is 0 Å². The largest absolute Gasteiger partial charge is 0.310 e. The van der Waals surface area contributed by atoms with E-state index in [2.05, 4.69) is 265 Å². The van der Waals surface area contributed by atoms with Crippen LogP contribution in [0.1, 0.15) is 22.3 Å². The fourth-order valence-corrected chi connectivity index (χ4v) is 12.3. The molecule has 0 N–H and O–H groups in total. The van der Waals surface area contributed by atoms with Gasteiger partial charge in [0.2, 0.25) is 0 Å². The molecule has 0 radical (unpaired) electrons. The molecule has 2 aliphatic rings. The number of nitrogens with zero attached hydrogens (tertiary/aromatic N) is 2. The maximum atomic E-state index is 2.51. The second kappa shape index (κ2) is 15.5. The van der Waals surface area contributed by atoms with E-state index in [0.29, 0.717) is 0 Å². The zero-order valence-electron chi connectivity index (χ0n) is 36.1. The topological polar surface area (TPSA) is 6.48 Å². The Labute approximate surface area is 389 Å². The number of fused-ring (bicyclic) bond motifs is 12. The van der Waals surface area contributed by atoms with Gasteiger partial charge in [0.05, 0.1) is 22.5 Å². The van der Waals surface area contributed by atoms with Gasteiger partial charge in [0, 0.05) is 43.3 Å². The van der Waals surface area contributed by atoms with Gasteiger partial charge in [-0.05, 0) is 111 Å². The van der Waals surface area contributed by atoms with Gasteiger partial charge in [0.25, 0.3) is 0 Å². The number of anilines is 6. The highest BCUT2D eigenvalue weighted by Gasteiger charge is 2.56. The Bertz CT molecular complexity index is 3540. The van der Waals surface area contributed by atoms with E-state index in [1.54, 1.807) is 0 Å². The molecule has 0 bridgehead atoms. The SMILES string of the molecule is c1ccc(-c2ccc(N(c3ccccc3-c3ccccc3)c3cccc4c3-c3ccccc3C43c4c(cccc4N(c4ccccc4)c4ccccc4)-c4sc5ccccc5c43)cc2)cc1. The number of para-hydroxylation sites is 3. The lowest BCUT2D eigenvalue weighted by Crippen LogP contribution is -2.28. The van der Waals surface area contributed by atoms with Gasteiger partial charge in [0.1, 0.15) is 0 Å². The molecule has 1 heterocycles. The van der Waals surface area contributed by atoms with Crippen LogP contribution >= 0.6 is 11.3 Å². The first-order chi connectivity index (χ1) is 32.8. The van der Waals surface area contributed by atoms with Gasteiger partial charge in [-0.2, -0.15) is 0 Å². The molecule has 2 aliphatic carbocycles. The molecule has 1 spiro atoms. The van der Waals surface area contributed by atoms with E-state index in [-0.39, 0.29) is 0 Å². The van der Waals surface area contributed by atoms with Gasteiger partial charge in [-0.15, -0.1) is 11.3 Å².